The fraction of sp³-hybridized carbons (Fsp3) is 0.188. The quantitative estimate of drug-likeness (QED) is 0.738. The summed E-state index contributed by atoms with van der Waals surface area (Å²) in [4.78, 5) is 0. The third-order valence-electron chi connectivity index (χ3n) is 4.12. The van der Waals surface area contributed by atoms with Crippen LogP contribution in [-0.4, -0.2) is 20.2 Å². The Morgan fingerprint density at radius 3 is 2.83 bits per heavy atom. The van der Waals surface area contributed by atoms with Gasteiger partial charge in [-0.25, -0.2) is 9.07 Å². The van der Waals surface area contributed by atoms with Gasteiger partial charge in [0, 0.05) is 10.0 Å². The van der Waals surface area contributed by atoms with Crippen molar-refractivity contribution < 1.29 is 4.39 Å². The number of benzene rings is 2. The minimum absolute atomic E-state index is 0.110. The highest BCUT2D eigenvalue weighted by Gasteiger charge is 2.31. The zero-order valence-electron chi connectivity index (χ0n) is 12.3. The Hall–Kier alpha value is -2.18. The molecule has 0 unspecified atom stereocenters. The fourth-order valence-electron chi connectivity index (χ4n) is 3.02. The maximum absolute atomic E-state index is 13.6. The largest absolute Gasteiger partial charge is 0.346 e. The normalized spacial score (nSPS) is 19.6. The molecule has 0 aliphatic carbocycles. The van der Waals surface area contributed by atoms with E-state index in [2.05, 4.69) is 20.8 Å². The lowest BCUT2D eigenvalue weighted by Crippen LogP contribution is -2.28. The predicted octanol–water partition coefficient (Wildman–Crippen LogP) is 4.27. The number of tetrazole rings is 1. The van der Waals surface area contributed by atoms with Crippen molar-refractivity contribution in [3.63, 3.8) is 0 Å². The van der Waals surface area contributed by atoms with Gasteiger partial charge in [-0.3, -0.25) is 0 Å². The number of anilines is 1. The molecule has 1 aliphatic heterocycles. The van der Waals surface area contributed by atoms with Crippen molar-refractivity contribution in [2.24, 2.45) is 0 Å². The first-order valence-corrected chi connectivity index (χ1v) is 8.12. The molecule has 4 rings (SSSR count). The average molecular weight is 364 g/mol. The van der Waals surface area contributed by atoms with Crippen LogP contribution in [0.2, 0.25) is 10.0 Å². The smallest absolute Gasteiger partial charge is 0.243 e. The van der Waals surface area contributed by atoms with E-state index in [1.54, 1.807) is 22.9 Å². The van der Waals surface area contributed by atoms with Crippen molar-refractivity contribution >= 4 is 29.2 Å². The zero-order valence-corrected chi connectivity index (χ0v) is 13.8. The van der Waals surface area contributed by atoms with E-state index in [1.165, 1.54) is 12.1 Å². The van der Waals surface area contributed by atoms with Crippen molar-refractivity contribution in [3.05, 3.63) is 69.5 Å². The molecule has 0 fully saturated rings. The number of nitrogens with zero attached hydrogens (tertiary/aromatic N) is 4. The molecular formula is C16H12Cl2FN5. The molecule has 0 saturated carbocycles. The van der Waals surface area contributed by atoms with Gasteiger partial charge in [-0.15, -0.1) is 0 Å². The van der Waals surface area contributed by atoms with Gasteiger partial charge in [0.05, 0.1) is 12.1 Å². The van der Waals surface area contributed by atoms with E-state index in [0.29, 0.717) is 22.4 Å². The number of hydrogen-bond acceptors (Lipinski definition) is 4. The third kappa shape index (κ3) is 2.72. The number of fused-ring (bicyclic) bond motifs is 1. The maximum Gasteiger partial charge on any atom is 0.243 e. The lowest BCUT2D eigenvalue weighted by Gasteiger charge is -2.31. The van der Waals surface area contributed by atoms with E-state index < -0.39 is 0 Å². The Kier molecular flexibility index (Phi) is 3.86. The summed E-state index contributed by atoms with van der Waals surface area (Å²) in [7, 11) is 0. The van der Waals surface area contributed by atoms with Gasteiger partial charge in [-0.05, 0) is 52.2 Å². The number of aromatic nitrogens is 4. The molecule has 1 N–H and O–H groups in total. The third-order valence-corrected chi connectivity index (χ3v) is 4.68. The molecule has 8 heteroatoms. The molecule has 0 amide bonds. The van der Waals surface area contributed by atoms with Gasteiger partial charge >= 0.3 is 0 Å². The van der Waals surface area contributed by atoms with Crippen molar-refractivity contribution in [1.82, 2.24) is 20.2 Å². The summed E-state index contributed by atoms with van der Waals surface area (Å²) in [5.74, 6) is 0.230. The molecule has 2 heterocycles. The predicted molar refractivity (Wildman–Crippen MR) is 89.8 cm³/mol. The Labute approximate surface area is 147 Å². The maximum atomic E-state index is 13.6. The monoisotopic (exact) mass is 363 g/mol. The molecule has 1 aliphatic rings. The van der Waals surface area contributed by atoms with Crippen LogP contribution in [0, 0.1) is 5.82 Å². The average Bonchev–Trinajstić information content (AvgIpc) is 3.02. The van der Waals surface area contributed by atoms with E-state index >= 15 is 0 Å². The SMILES string of the molecule is Fc1cccc([C@@H]2C[C@H](c3ccc(Cl)cc3Cl)Nc3nnnn32)c1. The van der Waals surface area contributed by atoms with Gasteiger partial charge < -0.3 is 5.32 Å². The Balaban J connectivity index is 1.76. The topological polar surface area (TPSA) is 55.6 Å². The molecule has 1 aromatic heterocycles. The van der Waals surface area contributed by atoms with Crippen LogP contribution in [0.5, 0.6) is 0 Å². The molecule has 0 saturated heterocycles. The van der Waals surface area contributed by atoms with Crippen LogP contribution >= 0.6 is 23.2 Å². The second-order valence-electron chi connectivity index (χ2n) is 5.62. The first kappa shape index (κ1) is 15.4. The number of rotatable bonds is 2. The van der Waals surface area contributed by atoms with Crippen LogP contribution in [0.4, 0.5) is 10.3 Å². The summed E-state index contributed by atoms with van der Waals surface area (Å²) in [6.07, 6.45) is 0.628. The molecule has 5 nitrogen and oxygen atoms in total. The summed E-state index contributed by atoms with van der Waals surface area (Å²) >= 11 is 12.3. The molecule has 0 spiro atoms. The van der Waals surface area contributed by atoms with Gasteiger partial charge in [0.1, 0.15) is 5.82 Å². The summed E-state index contributed by atoms with van der Waals surface area (Å²) in [5, 5.41) is 16.2. The van der Waals surface area contributed by atoms with Gasteiger partial charge in [0.25, 0.3) is 0 Å². The number of halogens is 3. The van der Waals surface area contributed by atoms with E-state index in [0.717, 1.165) is 11.1 Å². The van der Waals surface area contributed by atoms with Crippen LogP contribution < -0.4 is 5.32 Å². The van der Waals surface area contributed by atoms with Gasteiger partial charge in [-0.1, -0.05) is 46.5 Å². The second kappa shape index (κ2) is 6.03. The minimum atomic E-state index is -0.290. The summed E-state index contributed by atoms with van der Waals surface area (Å²) in [6.45, 7) is 0. The highest BCUT2D eigenvalue weighted by molar-refractivity contribution is 6.35. The van der Waals surface area contributed by atoms with Crippen molar-refractivity contribution in [1.29, 1.82) is 0 Å². The lowest BCUT2D eigenvalue weighted by atomic mass is 9.93. The lowest BCUT2D eigenvalue weighted by molar-refractivity contribution is 0.422. The zero-order chi connectivity index (χ0) is 16.7. The molecule has 122 valence electrons. The molecule has 3 aromatic rings. The van der Waals surface area contributed by atoms with Gasteiger partial charge in [0.15, 0.2) is 0 Å². The highest BCUT2D eigenvalue weighted by Crippen LogP contribution is 2.39. The number of nitrogens with one attached hydrogen (secondary N) is 1. The van der Waals surface area contributed by atoms with Crippen LogP contribution in [-0.2, 0) is 0 Å². The van der Waals surface area contributed by atoms with Crippen LogP contribution in [0.3, 0.4) is 0 Å². The van der Waals surface area contributed by atoms with Crippen molar-refractivity contribution in [2.75, 3.05) is 5.32 Å². The number of hydrogen-bond donors (Lipinski definition) is 1. The standard InChI is InChI=1S/C16H12Cl2FN5/c17-10-4-5-12(13(18)7-10)14-8-15(9-2-1-3-11(19)6-9)24-16(20-14)21-22-23-24/h1-7,14-15H,8H2,(H,20,21,23)/t14-,15+/m1/s1. The highest BCUT2D eigenvalue weighted by atomic mass is 35.5. The summed E-state index contributed by atoms with van der Waals surface area (Å²) in [6, 6.07) is 11.5. The van der Waals surface area contributed by atoms with E-state index in [-0.39, 0.29) is 17.9 Å². The Bertz CT molecular complexity index is 898. The minimum Gasteiger partial charge on any atom is -0.346 e. The molecule has 2 aromatic carbocycles. The van der Waals surface area contributed by atoms with E-state index in [9.17, 15) is 4.39 Å². The Morgan fingerprint density at radius 1 is 1.17 bits per heavy atom. The molecule has 0 radical (unpaired) electrons. The Morgan fingerprint density at radius 2 is 2.04 bits per heavy atom. The van der Waals surface area contributed by atoms with Gasteiger partial charge in [0.2, 0.25) is 5.95 Å². The van der Waals surface area contributed by atoms with Crippen molar-refractivity contribution in [2.45, 2.75) is 18.5 Å². The molecule has 0 bridgehead atoms. The van der Waals surface area contributed by atoms with E-state index in [1.807, 2.05) is 12.1 Å². The van der Waals surface area contributed by atoms with Crippen LogP contribution in [0.1, 0.15) is 29.6 Å². The first-order valence-electron chi connectivity index (χ1n) is 7.36. The van der Waals surface area contributed by atoms with E-state index in [4.69, 9.17) is 23.2 Å². The van der Waals surface area contributed by atoms with Gasteiger partial charge in [-0.2, -0.15) is 0 Å². The fourth-order valence-corrected chi connectivity index (χ4v) is 3.56. The molecular weight excluding hydrogens is 352 g/mol. The summed E-state index contributed by atoms with van der Waals surface area (Å²) < 4.78 is 15.3. The first-order chi connectivity index (χ1) is 11.6. The van der Waals surface area contributed by atoms with Crippen LogP contribution in [0.25, 0.3) is 0 Å². The second-order valence-corrected chi connectivity index (χ2v) is 6.46. The molecule has 2 atom stereocenters. The van der Waals surface area contributed by atoms with Crippen LogP contribution in [0.15, 0.2) is 42.5 Å². The summed E-state index contributed by atoms with van der Waals surface area (Å²) in [5.41, 5.74) is 1.71. The van der Waals surface area contributed by atoms with Crippen molar-refractivity contribution in [3.8, 4) is 0 Å². The molecule has 24 heavy (non-hydrogen) atoms.